The maximum atomic E-state index is 12.1. The van der Waals surface area contributed by atoms with E-state index in [-0.39, 0.29) is 24.0 Å². The summed E-state index contributed by atoms with van der Waals surface area (Å²) < 4.78 is 6.49. The molecule has 3 atom stereocenters. The zero-order chi connectivity index (χ0) is 15.4. The Morgan fingerprint density at radius 2 is 2.24 bits per heavy atom. The number of halogens is 1. The van der Waals surface area contributed by atoms with Crippen LogP contribution in [-0.4, -0.2) is 49.7 Å². The monoisotopic (exact) mass is 355 g/mol. The van der Waals surface area contributed by atoms with Crippen molar-refractivity contribution in [2.24, 2.45) is 5.73 Å². The summed E-state index contributed by atoms with van der Waals surface area (Å²) in [6, 6.07) is 7.56. The van der Waals surface area contributed by atoms with Gasteiger partial charge in [0.05, 0.1) is 19.3 Å². The molecule has 6 heteroatoms. The van der Waals surface area contributed by atoms with Crippen molar-refractivity contribution in [2.45, 2.75) is 25.0 Å². The molecule has 1 saturated heterocycles. The van der Waals surface area contributed by atoms with Gasteiger partial charge >= 0.3 is 0 Å². The Bertz CT molecular complexity index is 496. The zero-order valence-electron chi connectivity index (χ0n) is 12.4. The molecule has 0 spiro atoms. The largest absolute Gasteiger partial charge is 0.378 e. The van der Waals surface area contributed by atoms with Crippen LogP contribution >= 0.6 is 15.9 Å². The van der Waals surface area contributed by atoms with Gasteiger partial charge in [-0.25, -0.2) is 0 Å². The maximum absolute atomic E-state index is 12.1. The van der Waals surface area contributed by atoms with Crippen molar-refractivity contribution in [1.29, 1.82) is 0 Å². The van der Waals surface area contributed by atoms with Crippen molar-refractivity contribution in [2.75, 3.05) is 26.8 Å². The number of hydrogen-bond donors (Lipinski definition) is 2. The Balaban J connectivity index is 2.36. The van der Waals surface area contributed by atoms with Crippen molar-refractivity contribution in [3.8, 4) is 0 Å². The molecular formula is C15H22BrN3O2. The van der Waals surface area contributed by atoms with E-state index in [9.17, 15) is 4.79 Å². The first-order chi connectivity index (χ1) is 10.1. The molecule has 0 aromatic heterocycles. The van der Waals surface area contributed by atoms with Gasteiger partial charge in [0.1, 0.15) is 6.04 Å². The van der Waals surface area contributed by atoms with E-state index in [2.05, 4.69) is 32.2 Å². The number of carbonyl (C=O) groups excluding carboxylic acids is 1. The van der Waals surface area contributed by atoms with Gasteiger partial charge in [-0.2, -0.15) is 0 Å². The predicted octanol–water partition coefficient (Wildman–Crippen LogP) is 1.28. The lowest BCUT2D eigenvalue weighted by atomic mass is 9.96. The molecule has 2 rings (SSSR count). The molecule has 0 aliphatic carbocycles. The van der Waals surface area contributed by atoms with E-state index in [1.54, 1.807) is 7.05 Å². The Morgan fingerprint density at radius 1 is 1.52 bits per heavy atom. The zero-order valence-corrected chi connectivity index (χ0v) is 14.0. The number of rotatable bonds is 4. The van der Waals surface area contributed by atoms with Gasteiger partial charge < -0.3 is 15.8 Å². The summed E-state index contributed by atoms with van der Waals surface area (Å²) in [6.07, 6.45) is 0. The number of likely N-dealkylation sites (N-methyl/N-ethyl adjacent to an activating group) is 1. The first-order valence-electron chi connectivity index (χ1n) is 7.11. The average molecular weight is 356 g/mol. The Morgan fingerprint density at radius 3 is 2.86 bits per heavy atom. The number of nitrogens with one attached hydrogen (secondary N) is 1. The molecule has 116 valence electrons. The Hall–Kier alpha value is -0.950. The van der Waals surface area contributed by atoms with Gasteiger partial charge in [0.2, 0.25) is 5.91 Å². The lowest BCUT2D eigenvalue weighted by Crippen LogP contribution is -2.56. The number of nitrogens with two attached hydrogens (primary N) is 1. The molecule has 1 aromatic carbocycles. The second-order valence-corrected chi connectivity index (χ2v) is 6.12. The van der Waals surface area contributed by atoms with Gasteiger partial charge in [0.15, 0.2) is 0 Å². The number of ether oxygens (including phenoxy) is 1. The molecule has 1 aromatic rings. The maximum Gasteiger partial charge on any atom is 0.239 e. The predicted molar refractivity (Wildman–Crippen MR) is 85.9 cm³/mol. The van der Waals surface area contributed by atoms with Crippen molar-refractivity contribution in [1.82, 2.24) is 10.2 Å². The van der Waals surface area contributed by atoms with Crippen LogP contribution in [0.5, 0.6) is 0 Å². The van der Waals surface area contributed by atoms with E-state index in [0.29, 0.717) is 19.8 Å². The molecule has 1 aliphatic heterocycles. The third kappa shape index (κ3) is 3.63. The smallest absolute Gasteiger partial charge is 0.239 e. The fraction of sp³-hybridized carbons (Fsp3) is 0.533. The van der Waals surface area contributed by atoms with Gasteiger partial charge in [0.25, 0.3) is 0 Å². The fourth-order valence-electron chi connectivity index (χ4n) is 2.82. The van der Waals surface area contributed by atoms with E-state index >= 15 is 0 Å². The molecular weight excluding hydrogens is 334 g/mol. The summed E-state index contributed by atoms with van der Waals surface area (Å²) in [4.78, 5) is 14.3. The minimum atomic E-state index is -0.313. The minimum absolute atomic E-state index is 0.0348. The molecule has 1 heterocycles. The van der Waals surface area contributed by atoms with E-state index in [4.69, 9.17) is 10.5 Å². The van der Waals surface area contributed by atoms with E-state index in [1.807, 2.05) is 25.1 Å². The number of benzene rings is 1. The van der Waals surface area contributed by atoms with Crippen LogP contribution in [0.2, 0.25) is 0 Å². The molecule has 1 fully saturated rings. The quantitative estimate of drug-likeness (QED) is 0.853. The van der Waals surface area contributed by atoms with Crippen LogP contribution in [0.25, 0.3) is 0 Å². The van der Waals surface area contributed by atoms with Gasteiger partial charge in [-0.05, 0) is 18.6 Å². The minimum Gasteiger partial charge on any atom is -0.378 e. The van der Waals surface area contributed by atoms with Crippen LogP contribution in [0.15, 0.2) is 28.7 Å². The fourth-order valence-corrected chi connectivity index (χ4v) is 3.34. The first-order valence-corrected chi connectivity index (χ1v) is 7.90. The van der Waals surface area contributed by atoms with Crippen molar-refractivity contribution >= 4 is 21.8 Å². The van der Waals surface area contributed by atoms with Gasteiger partial charge in [-0.1, -0.05) is 34.1 Å². The van der Waals surface area contributed by atoms with Crippen LogP contribution < -0.4 is 11.1 Å². The van der Waals surface area contributed by atoms with Crippen LogP contribution in [0.1, 0.15) is 18.5 Å². The van der Waals surface area contributed by atoms with E-state index < -0.39 is 0 Å². The molecule has 0 saturated carbocycles. The standard InChI is InChI=1S/C15H22BrN3O2/c1-10(17)14(11-5-3-4-6-12(11)16)19-7-8-21-9-13(19)15(20)18-2/h3-6,10,13-14H,7-9,17H2,1-2H3,(H,18,20). The first kappa shape index (κ1) is 16.4. The topological polar surface area (TPSA) is 67.6 Å². The van der Waals surface area contributed by atoms with Crippen LogP contribution in [0.3, 0.4) is 0 Å². The summed E-state index contributed by atoms with van der Waals surface area (Å²) in [6.45, 7) is 3.67. The number of carbonyl (C=O) groups is 1. The highest BCUT2D eigenvalue weighted by Crippen LogP contribution is 2.32. The van der Waals surface area contributed by atoms with Crippen molar-refractivity contribution in [3.05, 3.63) is 34.3 Å². The molecule has 1 aliphatic rings. The summed E-state index contributed by atoms with van der Waals surface area (Å²) in [5, 5.41) is 2.71. The highest BCUT2D eigenvalue weighted by atomic mass is 79.9. The molecule has 1 amide bonds. The molecule has 0 radical (unpaired) electrons. The highest BCUT2D eigenvalue weighted by Gasteiger charge is 2.36. The molecule has 3 unspecified atom stereocenters. The summed E-state index contributed by atoms with van der Waals surface area (Å²) >= 11 is 3.59. The van der Waals surface area contributed by atoms with Gasteiger partial charge in [-0.3, -0.25) is 9.69 Å². The molecule has 0 bridgehead atoms. The van der Waals surface area contributed by atoms with E-state index in [0.717, 1.165) is 10.0 Å². The molecule has 21 heavy (non-hydrogen) atoms. The second-order valence-electron chi connectivity index (χ2n) is 5.27. The normalized spacial score (nSPS) is 22.6. The Labute approximate surface area is 134 Å². The average Bonchev–Trinajstić information content (AvgIpc) is 2.49. The second kappa shape index (κ2) is 7.35. The summed E-state index contributed by atoms with van der Waals surface area (Å²) in [5.41, 5.74) is 7.34. The van der Waals surface area contributed by atoms with Crippen LogP contribution in [0.4, 0.5) is 0 Å². The number of nitrogens with zero attached hydrogens (tertiary/aromatic N) is 1. The van der Waals surface area contributed by atoms with Gasteiger partial charge in [0, 0.05) is 24.1 Å². The number of morpholine rings is 1. The lowest BCUT2D eigenvalue weighted by Gasteiger charge is -2.42. The lowest BCUT2D eigenvalue weighted by molar-refractivity contribution is -0.134. The van der Waals surface area contributed by atoms with Crippen molar-refractivity contribution in [3.63, 3.8) is 0 Å². The van der Waals surface area contributed by atoms with Crippen LogP contribution in [0, 0.1) is 0 Å². The molecule has 5 nitrogen and oxygen atoms in total. The SMILES string of the molecule is CNC(=O)C1COCCN1C(c1ccccc1Br)C(C)N. The van der Waals surface area contributed by atoms with Crippen molar-refractivity contribution < 1.29 is 9.53 Å². The van der Waals surface area contributed by atoms with E-state index in [1.165, 1.54) is 0 Å². The Kier molecular flexibility index (Phi) is 5.75. The number of amides is 1. The third-order valence-electron chi connectivity index (χ3n) is 3.80. The van der Waals surface area contributed by atoms with Gasteiger partial charge in [-0.15, -0.1) is 0 Å². The summed E-state index contributed by atoms with van der Waals surface area (Å²) in [7, 11) is 1.65. The third-order valence-corrected chi connectivity index (χ3v) is 4.52. The summed E-state index contributed by atoms with van der Waals surface area (Å²) in [5.74, 6) is -0.0348. The highest BCUT2D eigenvalue weighted by molar-refractivity contribution is 9.10. The molecule has 3 N–H and O–H groups in total. The van der Waals surface area contributed by atoms with Crippen LogP contribution in [-0.2, 0) is 9.53 Å². The number of hydrogen-bond acceptors (Lipinski definition) is 4.